The zero-order valence-electron chi connectivity index (χ0n) is 14.5. The number of carbonyl (C=O) groups is 1. The lowest BCUT2D eigenvalue weighted by Gasteiger charge is -2.40. The van der Waals surface area contributed by atoms with E-state index in [-0.39, 0.29) is 24.4 Å². The van der Waals surface area contributed by atoms with Gasteiger partial charge >= 0.3 is 0 Å². The molecule has 134 valence electrons. The number of amides is 1. The molecule has 0 bridgehead atoms. The zero-order valence-corrected chi connectivity index (χ0v) is 15.3. The number of nitrogens with one attached hydrogen (secondary N) is 1. The van der Waals surface area contributed by atoms with Crippen LogP contribution in [0.25, 0.3) is 0 Å². The van der Waals surface area contributed by atoms with E-state index in [1.54, 1.807) is 6.20 Å². The highest BCUT2D eigenvalue weighted by molar-refractivity contribution is 5.85. The molecule has 6 nitrogen and oxygen atoms in total. The molecule has 3 heterocycles. The lowest BCUT2D eigenvalue weighted by molar-refractivity contribution is -0.137. The molecule has 7 heteroatoms. The summed E-state index contributed by atoms with van der Waals surface area (Å²) < 4.78 is 0. The fourth-order valence-corrected chi connectivity index (χ4v) is 3.77. The summed E-state index contributed by atoms with van der Waals surface area (Å²) in [7, 11) is 1.97. The average molecular weight is 354 g/mol. The molecule has 2 aliphatic heterocycles. The zero-order chi connectivity index (χ0) is 16.2. The number of aromatic nitrogens is 2. The van der Waals surface area contributed by atoms with Crippen LogP contribution in [0.5, 0.6) is 0 Å². The van der Waals surface area contributed by atoms with Crippen molar-refractivity contribution in [1.82, 2.24) is 20.4 Å². The van der Waals surface area contributed by atoms with Gasteiger partial charge in [-0.15, -0.1) is 17.5 Å². The summed E-state index contributed by atoms with van der Waals surface area (Å²) in [5.74, 6) is 1.39. The topological polar surface area (TPSA) is 61.4 Å². The second kappa shape index (κ2) is 8.62. The maximum Gasteiger partial charge on any atom is 0.225 e. The number of halogens is 1. The van der Waals surface area contributed by atoms with Gasteiger partial charge in [-0.1, -0.05) is 0 Å². The Hall–Kier alpha value is -1.40. The van der Waals surface area contributed by atoms with Crippen molar-refractivity contribution in [3.05, 3.63) is 18.3 Å². The molecular formula is C17H28ClN5O. The number of nitrogens with zero attached hydrogens (tertiary/aromatic N) is 4. The maximum atomic E-state index is 12.8. The summed E-state index contributed by atoms with van der Waals surface area (Å²) >= 11 is 0. The van der Waals surface area contributed by atoms with Crippen molar-refractivity contribution in [2.75, 3.05) is 31.6 Å². The summed E-state index contributed by atoms with van der Waals surface area (Å²) in [6.07, 6.45) is 5.75. The van der Waals surface area contributed by atoms with Crippen molar-refractivity contribution in [2.24, 2.45) is 5.92 Å². The van der Waals surface area contributed by atoms with Crippen LogP contribution in [-0.2, 0) is 4.79 Å². The van der Waals surface area contributed by atoms with Crippen LogP contribution in [0.1, 0.15) is 32.6 Å². The molecule has 0 aromatic carbocycles. The van der Waals surface area contributed by atoms with E-state index < -0.39 is 0 Å². The van der Waals surface area contributed by atoms with Crippen LogP contribution < -0.4 is 10.2 Å². The Labute approximate surface area is 150 Å². The van der Waals surface area contributed by atoms with Crippen molar-refractivity contribution in [3.63, 3.8) is 0 Å². The van der Waals surface area contributed by atoms with Crippen molar-refractivity contribution in [3.8, 4) is 0 Å². The van der Waals surface area contributed by atoms with E-state index in [1.165, 1.54) is 0 Å². The minimum atomic E-state index is 0. The molecule has 3 rings (SSSR count). The standard InChI is InChI=1S/C17H27N5O.ClH/c1-13-11-14(7-9-18-13)17(23)21(2)15-5-4-10-22(12-15)16-6-3-8-19-20-16;/h3,6,8,13-15,18H,4-5,7,9-12H2,1-2H3;1H/t13-,14-,15?;/m0./s1. The second-order valence-electron chi connectivity index (χ2n) is 6.85. The Kier molecular flexibility index (Phi) is 6.80. The van der Waals surface area contributed by atoms with Gasteiger partial charge in [0.05, 0.1) is 0 Å². The van der Waals surface area contributed by atoms with Gasteiger partial charge in [-0.2, -0.15) is 5.10 Å². The first-order chi connectivity index (χ1) is 11.1. The molecule has 1 N–H and O–H groups in total. The molecule has 1 unspecified atom stereocenters. The van der Waals surface area contributed by atoms with Crippen LogP contribution in [0, 0.1) is 5.92 Å². The Balaban J connectivity index is 0.00000208. The SMILES string of the molecule is C[C@H]1C[C@@H](C(=O)N(C)C2CCCN(c3cccnn3)C2)CCN1.Cl. The predicted octanol–water partition coefficient (Wildman–Crippen LogP) is 1.71. The summed E-state index contributed by atoms with van der Waals surface area (Å²) in [5.41, 5.74) is 0. The van der Waals surface area contributed by atoms with Crippen LogP contribution in [0.3, 0.4) is 0 Å². The largest absolute Gasteiger partial charge is 0.353 e. The van der Waals surface area contributed by atoms with Gasteiger partial charge in [0.1, 0.15) is 0 Å². The summed E-state index contributed by atoms with van der Waals surface area (Å²) in [5, 5.41) is 11.6. The van der Waals surface area contributed by atoms with Gasteiger partial charge < -0.3 is 15.1 Å². The van der Waals surface area contributed by atoms with Crippen LogP contribution in [0.2, 0.25) is 0 Å². The van der Waals surface area contributed by atoms with Crippen LogP contribution in [0.4, 0.5) is 5.82 Å². The smallest absolute Gasteiger partial charge is 0.225 e. The number of hydrogen-bond donors (Lipinski definition) is 1. The molecule has 24 heavy (non-hydrogen) atoms. The van der Waals surface area contributed by atoms with Crippen molar-refractivity contribution >= 4 is 24.1 Å². The first-order valence-corrected chi connectivity index (χ1v) is 8.68. The number of hydrogen-bond acceptors (Lipinski definition) is 5. The lowest BCUT2D eigenvalue weighted by Crippen LogP contribution is -2.52. The fourth-order valence-electron chi connectivity index (χ4n) is 3.77. The summed E-state index contributed by atoms with van der Waals surface area (Å²) in [6.45, 7) is 4.95. The Morgan fingerprint density at radius 2 is 2.25 bits per heavy atom. The molecule has 1 amide bonds. The third-order valence-electron chi connectivity index (χ3n) is 5.15. The minimum Gasteiger partial charge on any atom is -0.353 e. The third-order valence-corrected chi connectivity index (χ3v) is 5.15. The van der Waals surface area contributed by atoms with Crippen LogP contribution in [-0.4, -0.2) is 59.8 Å². The van der Waals surface area contributed by atoms with Gasteiger partial charge in [-0.3, -0.25) is 4.79 Å². The molecule has 0 saturated carbocycles. The third kappa shape index (κ3) is 4.36. The van der Waals surface area contributed by atoms with Crippen molar-refractivity contribution in [1.29, 1.82) is 0 Å². The molecule has 2 aliphatic rings. The number of rotatable bonds is 3. The first-order valence-electron chi connectivity index (χ1n) is 8.68. The molecular weight excluding hydrogens is 326 g/mol. The number of likely N-dealkylation sites (N-methyl/N-ethyl adjacent to an activating group) is 1. The van der Waals surface area contributed by atoms with E-state index >= 15 is 0 Å². The van der Waals surface area contributed by atoms with E-state index in [1.807, 2.05) is 24.1 Å². The van der Waals surface area contributed by atoms with E-state index in [2.05, 4.69) is 27.3 Å². The molecule has 0 aliphatic carbocycles. The number of anilines is 1. The molecule has 1 aromatic rings. The van der Waals surface area contributed by atoms with Gasteiger partial charge in [-0.05, 0) is 51.3 Å². The fraction of sp³-hybridized carbons (Fsp3) is 0.706. The molecule has 0 spiro atoms. The predicted molar refractivity (Wildman–Crippen MR) is 97.5 cm³/mol. The Morgan fingerprint density at radius 3 is 2.96 bits per heavy atom. The molecule has 2 fully saturated rings. The summed E-state index contributed by atoms with van der Waals surface area (Å²) in [6, 6.07) is 4.61. The molecule has 2 saturated heterocycles. The lowest BCUT2D eigenvalue weighted by atomic mass is 9.91. The first kappa shape index (κ1) is 18.9. The Bertz CT molecular complexity index is 529. The maximum absolute atomic E-state index is 12.8. The second-order valence-corrected chi connectivity index (χ2v) is 6.85. The quantitative estimate of drug-likeness (QED) is 0.896. The van der Waals surface area contributed by atoms with Crippen molar-refractivity contribution < 1.29 is 4.79 Å². The Morgan fingerprint density at radius 1 is 1.42 bits per heavy atom. The molecule has 3 atom stereocenters. The molecule has 1 aromatic heterocycles. The highest BCUT2D eigenvalue weighted by atomic mass is 35.5. The van der Waals surface area contributed by atoms with Gasteiger partial charge in [0.15, 0.2) is 5.82 Å². The van der Waals surface area contributed by atoms with E-state index in [9.17, 15) is 4.79 Å². The number of piperidine rings is 2. The van der Waals surface area contributed by atoms with Crippen molar-refractivity contribution in [2.45, 2.75) is 44.7 Å². The van der Waals surface area contributed by atoms with E-state index in [0.29, 0.717) is 11.9 Å². The van der Waals surface area contributed by atoms with E-state index in [0.717, 1.165) is 51.1 Å². The van der Waals surface area contributed by atoms with Crippen LogP contribution >= 0.6 is 12.4 Å². The van der Waals surface area contributed by atoms with Gasteiger partial charge in [0.2, 0.25) is 5.91 Å². The van der Waals surface area contributed by atoms with Crippen LogP contribution in [0.15, 0.2) is 18.3 Å². The normalized spacial score (nSPS) is 27.2. The summed E-state index contributed by atoms with van der Waals surface area (Å²) in [4.78, 5) is 17.1. The average Bonchev–Trinajstić information content (AvgIpc) is 2.61. The highest BCUT2D eigenvalue weighted by Crippen LogP contribution is 2.24. The van der Waals surface area contributed by atoms with E-state index in [4.69, 9.17) is 0 Å². The minimum absolute atomic E-state index is 0. The van der Waals surface area contributed by atoms with Gasteiger partial charge in [0, 0.05) is 44.3 Å². The molecule has 0 radical (unpaired) electrons. The van der Waals surface area contributed by atoms with Gasteiger partial charge in [0.25, 0.3) is 0 Å². The van der Waals surface area contributed by atoms with Gasteiger partial charge in [-0.25, -0.2) is 0 Å². The number of carbonyl (C=O) groups excluding carboxylic acids is 1. The highest BCUT2D eigenvalue weighted by Gasteiger charge is 2.32. The monoisotopic (exact) mass is 353 g/mol.